The third-order valence-corrected chi connectivity index (χ3v) is 3.57. The molecule has 1 aromatic rings. The lowest BCUT2D eigenvalue weighted by Crippen LogP contribution is -2.36. The van der Waals surface area contributed by atoms with E-state index in [-0.39, 0.29) is 29.8 Å². The SMILES string of the molecule is Cl.NC(C(=O)c1ccc([N+](=O)[O-])cc1)C1CCCC1. The molecule has 0 heterocycles. The lowest BCUT2D eigenvalue weighted by atomic mass is 9.92. The van der Waals surface area contributed by atoms with Gasteiger partial charge in [-0.1, -0.05) is 12.8 Å². The van der Waals surface area contributed by atoms with E-state index in [2.05, 4.69) is 0 Å². The number of benzene rings is 1. The minimum absolute atomic E-state index is 0. The summed E-state index contributed by atoms with van der Waals surface area (Å²) >= 11 is 0. The molecule has 2 N–H and O–H groups in total. The van der Waals surface area contributed by atoms with Gasteiger partial charge < -0.3 is 5.73 Å². The molecule has 1 aromatic carbocycles. The maximum atomic E-state index is 12.1. The van der Waals surface area contributed by atoms with Gasteiger partial charge in [-0.2, -0.15) is 0 Å². The Morgan fingerprint density at radius 3 is 2.26 bits per heavy atom. The van der Waals surface area contributed by atoms with E-state index in [0.29, 0.717) is 5.56 Å². The van der Waals surface area contributed by atoms with E-state index in [1.807, 2.05) is 0 Å². The number of halogens is 1. The zero-order valence-electron chi connectivity index (χ0n) is 10.5. The summed E-state index contributed by atoms with van der Waals surface area (Å²) in [5.74, 6) is 0.143. The number of hydrogen-bond acceptors (Lipinski definition) is 4. The van der Waals surface area contributed by atoms with Crippen molar-refractivity contribution in [3.63, 3.8) is 0 Å². The van der Waals surface area contributed by atoms with Crippen LogP contribution in [0.15, 0.2) is 24.3 Å². The summed E-state index contributed by atoms with van der Waals surface area (Å²) in [4.78, 5) is 22.2. The molecule has 0 saturated heterocycles. The molecule has 0 amide bonds. The number of nitro groups is 1. The maximum absolute atomic E-state index is 12.1. The fourth-order valence-corrected chi connectivity index (χ4v) is 2.47. The summed E-state index contributed by atoms with van der Waals surface area (Å²) in [5, 5.41) is 10.5. The summed E-state index contributed by atoms with van der Waals surface area (Å²) in [5.41, 5.74) is 6.41. The third kappa shape index (κ3) is 3.52. The Hall–Kier alpha value is -1.46. The van der Waals surface area contributed by atoms with E-state index in [1.54, 1.807) is 0 Å². The standard InChI is InChI=1S/C13H16N2O3.ClH/c14-12(9-3-1-2-4-9)13(16)10-5-7-11(8-6-10)15(17)18;/h5-9,12H,1-4,14H2;1H. The summed E-state index contributed by atoms with van der Waals surface area (Å²) in [6, 6.07) is 5.17. The number of hydrogen-bond donors (Lipinski definition) is 1. The van der Waals surface area contributed by atoms with Gasteiger partial charge in [0.15, 0.2) is 5.78 Å². The van der Waals surface area contributed by atoms with Crippen molar-refractivity contribution in [2.75, 3.05) is 0 Å². The fourth-order valence-electron chi connectivity index (χ4n) is 2.47. The van der Waals surface area contributed by atoms with Gasteiger partial charge in [0.05, 0.1) is 11.0 Å². The molecular weight excluding hydrogens is 268 g/mol. The van der Waals surface area contributed by atoms with Crippen LogP contribution in [-0.2, 0) is 0 Å². The molecule has 0 bridgehead atoms. The van der Waals surface area contributed by atoms with Gasteiger partial charge in [0.2, 0.25) is 0 Å². The topological polar surface area (TPSA) is 86.2 Å². The molecule has 5 nitrogen and oxygen atoms in total. The molecule has 6 heteroatoms. The third-order valence-electron chi connectivity index (χ3n) is 3.57. The van der Waals surface area contributed by atoms with E-state index in [4.69, 9.17) is 5.73 Å². The first kappa shape index (κ1) is 15.6. The predicted molar refractivity (Wildman–Crippen MR) is 74.6 cm³/mol. The second-order valence-corrected chi connectivity index (χ2v) is 4.74. The second-order valence-electron chi connectivity index (χ2n) is 4.74. The Morgan fingerprint density at radius 1 is 1.26 bits per heavy atom. The average molecular weight is 285 g/mol. The van der Waals surface area contributed by atoms with Crippen molar-refractivity contribution >= 4 is 23.9 Å². The number of Topliss-reactive ketones (excluding diaryl/α,β-unsaturated/α-hetero) is 1. The largest absolute Gasteiger partial charge is 0.321 e. The van der Waals surface area contributed by atoms with E-state index >= 15 is 0 Å². The van der Waals surface area contributed by atoms with Crippen molar-refractivity contribution in [3.05, 3.63) is 39.9 Å². The predicted octanol–water partition coefficient (Wildman–Crippen LogP) is 2.72. The number of rotatable bonds is 4. The van der Waals surface area contributed by atoms with Crippen LogP contribution in [0.25, 0.3) is 0 Å². The van der Waals surface area contributed by atoms with Gasteiger partial charge in [0.25, 0.3) is 5.69 Å². The van der Waals surface area contributed by atoms with Crippen LogP contribution in [0.4, 0.5) is 5.69 Å². The molecular formula is C13H17ClN2O3. The monoisotopic (exact) mass is 284 g/mol. The summed E-state index contributed by atoms with van der Waals surface area (Å²) in [6.45, 7) is 0. The molecule has 2 rings (SSSR count). The van der Waals surface area contributed by atoms with E-state index < -0.39 is 11.0 Å². The van der Waals surface area contributed by atoms with Gasteiger partial charge in [-0.25, -0.2) is 0 Å². The van der Waals surface area contributed by atoms with Gasteiger partial charge in [0.1, 0.15) is 0 Å². The number of non-ortho nitro benzene ring substituents is 1. The van der Waals surface area contributed by atoms with Crippen LogP contribution in [0.5, 0.6) is 0 Å². The average Bonchev–Trinajstić information content (AvgIpc) is 2.91. The molecule has 0 aliphatic heterocycles. The van der Waals surface area contributed by atoms with Gasteiger partial charge in [-0.15, -0.1) is 12.4 Å². The van der Waals surface area contributed by atoms with Crippen LogP contribution in [0.1, 0.15) is 36.0 Å². The van der Waals surface area contributed by atoms with Crippen LogP contribution in [0.2, 0.25) is 0 Å². The van der Waals surface area contributed by atoms with Crippen LogP contribution in [0.3, 0.4) is 0 Å². The highest BCUT2D eigenvalue weighted by Crippen LogP contribution is 2.28. The Kier molecular flexibility index (Phi) is 5.44. The van der Waals surface area contributed by atoms with Crippen molar-refractivity contribution in [1.82, 2.24) is 0 Å². The Morgan fingerprint density at radius 2 is 1.79 bits per heavy atom. The van der Waals surface area contributed by atoms with E-state index in [0.717, 1.165) is 25.7 Å². The van der Waals surface area contributed by atoms with Crippen LogP contribution in [0, 0.1) is 16.0 Å². The van der Waals surface area contributed by atoms with Gasteiger partial charge in [0, 0.05) is 17.7 Å². The molecule has 1 saturated carbocycles. The zero-order valence-corrected chi connectivity index (χ0v) is 11.3. The van der Waals surface area contributed by atoms with Crippen molar-refractivity contribution in [1.29, 1.82) is 0 Å². The number of carbonyl (C=O) groups excluding carboxylic acids is 1. The molecule has 0 aromatic heterocycles. The first-order valence-electron chi connectivity index (χ1n) is 6.14. The van der Waals surface area contributed by atoms with Gasteiger partial charge in [-0.05, 0) is 30.9 Å². The highest BCUT2D eigenvalue weighted by atomic mass is 35.5. The van der Waals surface area contributed by atoms with Crippen molar-refractivity contribution in [2.24, 2.45) is 11.7 Å². The van der Waals surface area contributed by atoms with Crippen molar-refractivity contribution in [3.8, 4) is 0 Å². The van der Waals surface area contributed by atoms with Gasteiger partial charge >= 0.3 is 0 Å². The van der Waals surface area contributed by atoms with Crippen molar-refractivity contribution in [2.45, 2.75) is 31.7 Å². The molecule has 1 unspecified atom stereocenters. The lowest BCUT2D eigenvalue weighted by Gasteiger charge is -2.17. The summed E-state index contributed by atoms with van der Waals surface area (Å²) in [7, 11) is 0. The molecule has 1 aliphatic rings. The lowest BCUT2D eigenvalue weighted by molar-refractivity contribution is -0.384. The minimum Gasteiger partial charge on any atom is -0.321 e. The first-order valence-corrected chi connectivity index (χ1v) is 6.14. The molecule has 104 valence electrons. The number of carbonyl (C=O) groups is 1. The summed E-state index contributed by atoms with van der Waals surface area (Å²) < 4.78 is 0. The number of nitrogens with two attached hydrogens (primary N) is 1. The smallest absolute Gasteiger partial charge is 0.269 e. The highest BCUT2D eigenvalue weighted by Gasteiger charge is 2.28. The summed E-state index contributed by atoms with van der Waals surface area (Å²) in [6.07, 6.45) is 4.26. The van der Waals surface area contributed by atoms with E-state index in [9.17, 15) is 14.9 Å². The number of ketones is 1. The Bertz CT molecular complexity index is 455. The van der Waals surface area contributed by atoms with Crippen LogP contribution < -0.4 is 5.73 Å². The molecule has 1 fully saturated rings. The van der Waals surface area contributed by atoms with Crippen LogP contribution >= 0.6 is 12.4 Å². The van der Waals surface area contributed by atoms with Gasteiger partial charge in [-0.3, -0.25) is 14.9 Å². The molecule has 19 heavy (non-hydrogen) atoms. The molecule has 1 atom stereocenters. The fraction of sp³-hybridized carbons (Fsp3) is 0.462. The Labute approximate surface area is 117 Å². The normalized spacial score (nSPS) is 16.7. The minimum atomic E-state index is -0.481. The quantitative estimate of drug-likeness (QED) is 0.523. The van der Waals surface area contributed by atoms with E-state index in [1.165, 1.54) is 24.3 Å². The molecule has 0 spiro atoms. The number of nitrogens with zero attached hydrogens (tertiary/aromatic N) is 1. The van der Waals surface area contributed by atoms with Crippen molar-refractivity contribution < 1.29 is 9.72 Å². The Balaban J connectivity index is 0.00000180. The molecule has 0 radical (unpaired) electrons. The first-order chi connectivity index (χ1) is 8.59. The number of nitro benzene ring substituents is 1. The maximum Gasteiger partial charge on any atom is 0.269 e. The highest BCUT2D eigenvalue weighted by molar-refractivity contribution is 6.00. The van der Waals surface area contributed by atoms with Crippen LogP contribution in [-0.4, -0.2) is 16.7 Å². The second kappa shape index (κ2) is 6.63. The molecule has 1 aliphatic carbocycles. The zero-order chi connectivity index (χ0) is 13.1.